The fraction of sp³-hybridized carbons (Fsp3) is 0.714. The summed E-state index contributed by atoms with van der Waals surface area (Å²) in [7, 11) is 0. The summed E-state index contributed by atoms with van der Waals surface area (Å²) in [4.78, 5) is 36.3. The van der Waals surface area contributed by atoms with E-state index < -0.39 is 17.1 Å². The Morgan fingerprint density at radius 3 is 2.61 bits per heavy atom. The molecule has 0 saturated heterocycles. The van der Waals surface area contributed by atoms with Crippen molar-refractivity contribution in [2.45, 2.75) is 72.6 Å². The van der Waals surface area contributed by atoms with Crippen LogP contribution in [-0.2, 0) is 16.1 Å². The van der Waals surface area contributed by atoms with Crippen LogP contribution in [0.4, 0.5) is 5.69 Å². The Morgan fingerprint density at radius 1 is 1.39 bits per heavy atom. The molecule has 0 aromatic carbocycles. The summed E-state index contributed by atoms with van der Waals surface area (Å²) in [6, 6.07) is 0.207. The molecule has 1 N–H and O–H groups in total. The van der Waals surface area contributed by atoms with Gasteiger partial charge in [-0.1, -0.05) is 20.8 Å². The first kappa shape index (κ1) is 20.6. The molecule has 28 heavy (non-hydrogen) atoms. The second-order valence-electron chi connectivity index (χ2n) is 9.85. The normalized spacial score (nSPS) is 28.2. The average Bonchev–Trinajstić information content (AvgIpc) is 2.57. The fourth-order valence-electron chi connectivity index (χ4n) is 4.88. The summed E-state index contributed by atoms with van der Waals surface area (Å²) in [6.07, 6.45) is 4.27. The Labute approximate surface area is 165 Å². The molecule has 3 aliphatic carbocycles. The Kier molecular flexibility index (Phi) is 5.15. The number of nitrogens with one attached hydrogen (secondary N) is 1. The molecule has 1 heterocycles. The highest BCUT2D eigenvalue weighted by Crippen LogP contribution is 2.61. The zero-order valence-electron chi connectivity index (χ0n) is 17.6. The van der Waals surface area contributed by atoms with Crippen molar-refractivity contribution in [3.63, 3.8) is 0 Å². The molecule has 3 saturated carbocycles. The molecular formula is C21H31N3O4. The lowest BCUT2D eigenvalue weighted by molar-refractivity contribution is -0.155. The average molecular weight is 389 g/mol. The predicted molar refractivity (Wildman–Crippen MR) is 106 cm³/mol. The highest BCUT2D eigenvalue weighted by Gasteiger charge is 2.56. The quantitative estimate of drug-likeness (QED) is 0.615. The van der Waals surface area contributed by atoms with Crippen LogP contribution in [0.5, 0.6) is 0 Å². The molecule has 0 radical (unpaired) electrons. The van der Waals surface area contributed by atoms with E-state index in [0.717, 1.165) is 11.1 Å². The third kappa shape index (κ3) is 3.71. The van der Waals surface area contributed by atoms with Crippen LogP contribution >= 0.6 is 0 Å². The van der Waals surface area contributed by atoms with Gasteiger partial charge >= 0.3 is 5.97 Å². The zero-order chi connectivity index (χ0) is 20.9. The number of esters is 1. The third-order valence-corrected chi connectivity index (χ3v) is 6.59. The van der Waals surface area contributed by atoms with Crippen LogP contribution in [0.15, 0.2) is 11.0 Å². The summed E-state index contributed by atoms with van der Waals surface area (Å²) in [5.74, 6) is 1.18. The third-order valence-electron chi connectivity index (χ3n) is 6.59. The molecule has 2 bridgehead atoms. The molecule has 1 aromatic rings. The number of ether oxygens (including phenoxy) is 1. The number of carbonyl (C=O) groups excluding carboxylic acids is 2. The van der Waals surface area contributed by atoms with Gasteiger partial charge in [0, 0.05) is 6.04 Å². The van der Waals surface area contributed by atoms with Crippen molar-refractivity contribution in [3.8, 4) is 0 Å². The second-order valence-corrected chi connectivity index (χ2v) is 9.85. The van der Waals surface area contributed by atoms with Crippen LogP contribution in [0, 0.1) is 23.2 Å². The van der Waals surface area contributed by atoms with Gasteiger partial charge in [0.1, 0.15) is 17.7 Å². The number of fused-ring (bicyclic) bond motifs is 2. The van der Waals surface area contributed by atoms with Crippen LogP contribution in [0.25, 0.3) is 0 Å². The van der Waals surface area contributed by atoms with E-state index in [-0.39, 0.29) is 18.2 Å². The molecule has 0 spiro atoms. The molecule has 3 aliphatic rings. The SMILES string of the molecule is C[C@@H]1[C@H]2C[C@@H](C[C@H]1Nc1cnn(CC(=O)OC(C)(C)C)c(=O)c1C=O)C2(C)C. The van der Waals surface area contributed by atoms with Crippen LogP contribution in [-0.4, -0.2) is 33.7 Å². The van der Waals surface area contributed by atoms with Crippen molar-refractivity contribution in [1.29, 1.82) is 0 Å². The molecule has 4 atom stereocenters. The fourth-order valence-corrected chi connectivity index (χ4v) is 4.88. The molecule has 7 nitrogen and oxygen atoms in total. The molecular weight excluding hydrogens is 358 g/mol. The molecule has 7 heteroatoms. The Balaban J connectivity index is 1.77. The number of hydrogen-bond acceptors (Lipinski definition) is 6. The topological polar surface area (TPSA) is 90.3 Å². The van der Waals surface area contributed by atoms with Gasteiger partial charge in [-0.3, -0.25) is 14.4 Å². The van der Waals surface area contributed by atoms with Gasteiger partial charge in [0.05, 0.1) is 11.9 Å². The summed E-state index contributed by atoms with van der Waals surface area (Å²) < 4.78 is 6.21. The Hall–Kier alpha value is -2.18. The van der Waals surface area contributed by atoms with Crippen molar-refractivity contribution < 1.29 is 14.3 Å². The summed E-state index contributed by atoms with van der Waals surface area (Å²) in [5.41, 5.74) is -0.429. The lowest BCUT2D eigenvalue weighted by atomic mass is 9.45. The van der Waals surface area contributed by atoms with Gasteiger partial charge in [0.15, 0.2) is 6.29 Å². The highest BCUT2D eigenvalue weighted by molar-refractivity contribution is 5.83. The van der Waals surface area contributed by atoms with Crippen LogP contribution in [0.1, 0.15) is 64.7 Å². The standard InChI is InChI=1S/C21H31N3O4/c1-12-15-7-13(21(15,5)6)8-16(12)23-17-9-22-24(19(27)14(17)11-25)10-18(26)28-20(2,3)4/h9,11-13,15-16,23H,7-8,10H2,1-6H3/t12-,13+,15-,16-/m1/s1. The summed E-state index contributed by atoms with van der Waals surface area (Å²) >= 11 is 0. The van der Waals surface area contributed by atoms with Crippen molar-refractivity contribution in [2.75, 3.05) is 5.32 Å². The maximum Gasteiger partial charge on any atom is 0.328 e. The lowest BCUT2D eigenvalue weighted by Crippen LogP contribution is -2.58. The van der Waals surface area contributed by atoms with Crippen LogP contribution in [0.3, 0.4) is 0 Å². The van der Waals surface area contributed by atoms with E-state index in [1.165, 1.54) is 12.6 Å². The van der Waals surface area contributed by atoms with Gasteiger partial charge in [-0.05, 0) is 56.8 Å². The first-order chi connectivity index (χ1) is 12.9. The molecule has 3 fully saturated rings. The number of hydrogen-bond donors (Lipinski definition) is 1. The number of nitrogens with zero attached hydrogens (tertiary/aromatic N) is 2. The van der Waals surface area contributed by atoms with E-state index in [1.807, 2.05) is 0 Å². The zero-order valence-corrected chi connectivity index (χ0v) is 17.6. The maximum atomic E-state index is 12.6. The van der Waals surface area contributed by atoms with Crippen LogP contribution < -0.4 is 10.9 Å². The van der Waals surface area contributed by atoms with E-state index in [1.54, 1.807) is 20.8 Å². The Morgan fingerprint density at radius 2 is 2.07 bits per heavy atom. The molecule has 0 aliphatic heterocycles. The van der Waals surface area contributed by atoms with E-state index in [4.69, 9.17) is 4.74 Å². The maximum absolute atomic E-state index is 12.6. The largest absolute Gasteiger partial charge is 0.459 e. The first-order valence-corrected chi connectivity index (χ1v) is 9.97. The van der Waals surface area contributed by atoms with Gasteiger partial charge in [0.2, 0.25) is 0 Å². The van der Waals surface area contributed by atoms with Crippen molar-refractivity contribution in [3.05, 3.63) is 22.1 Å². The minimum absolute atomic E-state index is 0.00395. The molecule has 0 amide bonds. The van der Waals surface area contributed by atoms with Crippen molar-refractivity contribution >= 4 is 17.9 Å². The number of rotatable bonds is 5. The van der Waals surface area contributed by atoms with Gasteiger partial charge in [0.25, 0.3) is 5.56 Å². The van der Waals surface area contributed by atoms with Crippen molar-refractivity contribution in [2.24, 2.45) is 23.2 Å². The van der Waals surface area contributed by atoms with E-state index in [9.17, 15) is 14.4 Å². The Bertz CT molecular complexity index is 837. The smallest absolute Gasteiger partial charge is 0.328 e. The van der Waals surface area contributed by atoms with Gasteiger partial charge in [-0.25, -0.2) is 4.68 Å². The number of anilines is 1. The highest BCUT2D eigenvalue weighted by atomic mass is 16.6. The monoisotopic (exact) mass is 389 g/mol. The van der Waals surface area contributed by atoms with Gasteiger partial charge in [-0.15, -0.1) is 0 Å². The number of aromatic nitrogens is 2. The molecule has 4 rings (SSSR count). The van der Waals surface area contributed by atoms with Gasteiger partial charge < -0.3 is 10.1 Å². The van der Waals surface area contributed by atoms with E-state index >= 15 is 0 Å². The predicted octanol–water partition coefficient (Wildman–Crippen LogP) is 2.88. The molecule has 154 valence electrons. The molecule has 1 aromatic heterocycles. The van der Waals surface area contributed by atoms with E-state index in [0.29, 0.717) is 35.1 Å². The number of aldehydes is 1. The number of carbonyl (C=O) groups is 2. The first-order valence-electron chi connectivity index (χ1n) is 9.97. The summed E-state index contributed by atoms with van der Waals surface area (Å²) in [5, 5.41) is 7.47. The van der Waals surface area contributed by atoms with Crippen LogP contribution in [0.2, 0.25) is 0 Å². The van der Waals surface area contributed by atoms with Gasteiger partial charge in [-0.2, -0.15) is 5.10 Å². The molecule has 0 unspecified atom stereocenters. The minimum atomic E-state index is -0.651. The summed E-state index contributed by atoms with van der Waals surface area (Å²) in [6.45, 7) is 11.8. The lowest BCUT2D eigenvalue weighted by Gasteiger charge is -2.62. The van der Waals surface area contributed by atoms with Crippen molar-refractivity contribution in [1.82, 2.24) is 9.78 Å². The second kappa shape index (κ2) is 7.01. The van der Waals surface area contributed by atoms with E-state index in [2.05, 4.69) is 31.2 Å². The minimum Gasteiger partial charge on any atom is -0.459 e.